The minimum atomic E-state index is -4.34. The van der Waals surface area contributed by atoms with Gasteiger partial charge in [0.05, 0.1) is 25.1 Å². The third-order valence-corrected chi connectivity index (χ3v) is 2.72. The standard InChI is InChI=1S/C8H12NO6P/c10-2-5-1-9-7(4-16(13,14)15)8(12)6(5)3-11/h1,10-12H,2-4H2,(H2,13,14,15). The summed E-state index contributed by atoms with van der Waals surface area (Å²) in [5.74, 6) is -0.489. The number of aliphatic hydroxyl groups excluding tert-OH is 2. The van der Waals surface area contributed by atoms with Crippen LogP contribution in [0.15, 0.2) is 6.20 Å². The molecule has 0 amide bonds. The third kappa shape index (κ3) is 3.01. The molecule has 0 aliphatic rings. The van der Waals surface area contributed by atoms with Crippen LogP contribution in [-0.2, 0) is 23.9 Å². The summed E-state index contributed by atoms with van der Waals surface area (Å²) < 4.78 is 10.7. The zero-order valence-electron chi connectivity index (χ0n) is 8.24. The monoisotopic (exact) mass is 249 g/mol. The summed E-state index contributed by atoms with van der Waals surface area (Å²) in [6.07, 6.45) is 0.452. The number of aromatic nitrogens is 1. The van der Waals surface area contributed by atoms with Crippen LogP contribution in [-0.4, -0.2) is 30.1 Å². The fourth-order valence-corrected chi connectivity index (χ4v) is 1.87. The smallest absolute Gasteiger partial charge is 0.331 e. The Kier molecular flexibility index (Phi) is 4.01. The lowest BCUT2D eigenvalue weighted by Crippen LogP contribution is -2.01. The van der Waals surface area contributed by atoms with E-state index < -0.39 is 32.7 Å². The maximum absolute atomic E-state index is 10.7. The number of rotatable bonds is 4. The quantitative estimate of drug-likeness (QED) is 0.452. The van der Waals surface area contributed by atoms with Crippen LogP contribution in [0.5, 0.6) is 5.75 Å². The zero-order chi connectivity index (χ0) is 12.3. The van der Waals surface area contributed by atoms with Crippen LogP contribution < -0.4 is 0 Å². The van der Waals surface area contributed by atoms with Crippen LogP contribution in [0.2, 0.25) is 0 Å². The molecule has 0 aliphatic carbocycles. The molecule has 90 valence electrons. The molecule has 7 nitrogen and oxygen atoms in total. The molecule has 16 heavy (non-hydrogen) atoms. The summed E-state index contributed by atoms with van der Waals surface area (Å²) in [5, 5.41) is 27.4. The van der Waals surface area contributed by atoms with E-state index in [1.807, 2.05) is 0 Å². The molecular weight excluding hydrogens is 237 g/mol. The van der Waals surface area contributed by atoms with Crippen molar-refractivity contribution in [1.29, 1.82) is 0 Å². The number of hydrogen-bond donors (Lipinski definition) is 5. The summed E-state index contributed by atoms with van der Waals surface area (Å²) >= 11 is 0. The van der Waals surface area contributed by atoms with E-state index >= 15 is 0 Å². The molecule has 5 N–H and O–H groups in total. The molecule has 0 aromatic carbocycles. The van der Waals surface area contributed by atoms with Crippen molar-refractivity contribution in [3.63, 3.8) is 0 Å². The van der Waals surface area contributed by atoms with Crippen LogP contribution in [0.25, 0.3) is 0 Å². The molecule has 0 bridgehead atoms. The van der Waals surface area contributed by atoms with Crippen molar-refractivity contribution in [2.24, 2.45) is 0 Å². The van der Waals surface area contributed by atoms with Crippen LogP contribution in [0, 0.1) is 0 Å². The Balaban J connectivity index is 3.19. The summed E-state index contributed by atoms with van der Waals surface area (Å²) in [4.78, 5) is 21.1. The van der Waals surface area contributed by atoms with E-state index in [-0.39, 0.29) is 16.8 Å². The lowest BCUT2D eigenvalue weighted by molar-refractivity contribution is 0.254. The van der Waals surface area contributed by atoms with E-state index in [1.54, 1.807) is 0 Å². The van der Waals surface area contributed by atoms with Crippen LogP contribution in [0.3, 0.4) is 0 Å². The molecule has 0 aliphatic heterocycles. The highest BCUT2D eigenvalue weighted by molar-refractivity contribution is 7.50. The normalized spacial score (nSPS) is 11.8. The van der Waals surface area contributed by atoms with Crippen molar-refractivity contribution in [3.8, 4) is 5.75 Å². The molecule has 1 aromatic heterocycles. The summed E-state index contributed by atoms with van der Waals surface area (Å²) in [7, 11) is -4.34. The van der Waals surface area contributed by atoms with Gasteiger partial charge in [-0.2, -0.15) is 0 Å². The van der Waals surface area contributed by atoms with Gasteiger partial charge in [-0.25, -0.2) is 0 Å². The van der Waals surface area contributed by atoms with E-state index in [9.17, 15) is 9.67 Å². The van der Waals surface area contributed by atoms with Crippen molar-refractivity contribution in [2.45, 2.75) is 19.4 Å². The molecule has 0 saturated heterocycles. The molecule has 1 heterocycles. The number of pyridine rings is 1. The van der Waals surface area contributed by atoms with Gasteiger partial charge >= 0.3 is 7.60 Å². The fourth-order valence-electron chi connectivity index (χ4n) is 1.24. The Morgan fingerprint density at radius 1 is 1.25 bits per heavy atom. The van der Waals surface area contributed by atoms with Gasteiger partial charge < -0.3 is 25.1 Å². The number of aromatic hydroxyl groups is 1. The highest BCUT2D eigenvalue weighted by Crippen LogP contribution is 2.41. The first-order valence-corrected chi connectivity index (χ1v) is 6.13. The van der Waals surface area contributed by atoms with Gasteiger partial charge in [0, 0.05) is 17.3 Å². The maximum atomic E-state index is 10.7. The summed E-state index contributed by atoms with van der Waals surface area (Å²) in [6.45, 7) is -0.967. The van der Waals surface area contributed by atoms with Gasteiger partial charge in [0.2, 0.25) is 0 Å². The second kappa shape index (κ2) is 4.90. The minimum Gasteiger partial charge on any atom is -0.506 e. The second-order valence-electron chi connectivity index (χ2n) is 3.20. The highest BCUT2D eigenvalue weighted by Gasteiger charge is 2.21. The highest BCUT2D eigenvalue weighted by atomic mass is 31.2. The Bertz CT molecular complexity index is 429. The number of hydrogen-bond acceptors (Lipinski definition) is 5. The maximum Gasteiger partial charge on any atom is 0.331 e. The van der Waals surface area contributed by atoms with Gasteiger partial charge in [0.1, 0.15) is 5.75 Å². The molecule has 0 atom stereocenters. The fraction of sp³-hybridized carbons (Fsp3) is 0.375. The average Bonchev–Trinajstić information content (AvgIpc) is 2.19. The Morgan fingerprint density at radius 2 is 1.88 bits per heavy atom. The van der Waals surface area contributed by atoms with E-state index in [0.29, 0.717) is 0 Å². The SMILES string of the molecule is O=P(O)(O)Cc1ncc(CO)c(CO)c1O. The van der Waals surface area contributed by atoms with Crippen LogP contribution in [0.1, 0.15) is 16.8 Å². The molecule has 1 aromatic rings. The van der Waals surface area contributed by atoms with Crippen molar-refractivity contribution in [3.05, 3.63) is 23.0 Å². The lowest BCUT2D eigenvalue weighted by atomic mass is 10.1. The predicted molar refractivity (Wildman–Crippen MR) is 53.5 cm³/mol. The Hall–Kier alpha value is -0.980. The minimum absolute atomic E-state index is 0.0287. The van der Waals surface area contributed by atoms with E-state index in [0.717, 1.165) is 6.20 Å². The molecule has 0 unspecified atom stereocenters. The topological polar surface area (TPSA) is 131 Å². The Labute approximate surface area is 91.2 Å². The second-order valence-corrected chi connectivity index (χ2v) is 4.84. The zero-order valence-corrected chi connectivity index (χ0v) is 9.13. The molecule has 0 spiro atoms. The molecule has 0 saturated carbocycles. The molecular formula is C8H12NO6P. The van der Waals surface area contributed by atoms with Crippen molar-refractivity contribution in [1.82, 2.24) is 4.98 Å². The first kappa shape index (κ1) is 13.1. The predicted octanol–water partition coefficient (Wildman–Crippen LogP) is -0.550. The number of nitrogens with zero attached hydrogens (tertiary/aromatic N) is 1. The molecule has 0 radical (unpaired) electrons. The van der Waals surface area contributed by atoms with Gasteiger partial charge in [-0.1, -0.05) is 0 Å². The summed E-state index contributed by atoms with van der Waals surface area (Å²) in [6, 6.07) is 0. The van der Waals surface area contributed by atoms with E-state index in [2.05, 4.69) is 4.98 Å². The third-order valence-electron chi connectivity index (χ3n) is 2.01. The van der Waals surface area contributed by atoms with E-state index in [1.165, 1.54) is 0 Å². The van der Waals surface area contributed by atoms with E-state index in [4.69, 9.17) is 20.0 Å². The first-order chi connectivity index (χ1) is 7.39. The average molecular weight is 249 g/mol. The Morgan fingerprint density at radius 3 is 2.31 bits per heavy atom. The van der Waals surface area contributed by atoms with Crippen molar-refractivity contribution in [2.75, 3.05) is 0 Å². The van der Waals surface area contributed by atoms with Crippen molar-refractivity contribution >= 4 is 7.60 Å². The number of aliphatic hydroxyl groups is 2. The molecule has 0 fully saturated rings. The van der Waals surface area contributed by atoms with Gasteiger partial charge in [-0.05, 0) is 0 Å². The van der Waals surface area contributed by atoms with Gasteiger partial charge in [0.25, 0.3) is 0 Å². The largest absolute Gasteiger partial charge is 0.506 e. The van der Waals surface area contributed by atoms with Crippen LogP contribution in [0.4, 0.5) is 0 Å². The molecule has 1 rings (SSSR count). The van der Waals surface area contributed by atoms with Gasteiger partial charge in [-0.3, -0.25) is 9.55 Å². The van der Waals surface area contributed by atoms with Crippen molar-refractivity contribution < 1.29 is 29.7 Å². The first-order valence-electron chi connectivity index (χ1n) is 4.34. The molecule has 8 heteroatoms. The summed E-state index contributed by atoms with van der Waals surface area (Å²) in [5.41, 5.74) is 0.0463. The van der Waals surface area contributed by atoms with Crippen LogP contribution >= 0.6 is 7.60 Å². The lowest BCUT2D eigenvalue weighted by Gasteiger charge is -2.11. The van der Waals surface area contributed by atoms with Gasteiger partial charge in [0.15, 0.2) is 0 Å². The van der Waals surface area contributed by atoms with Gasteiger partial charge in [-0.15, -0.1) is 0 Å².